The number of halogens is 1. The molecule has 4 rings (SSSR count). The summed E-state index contributed by atoms with van der Waals surface area (Å²) in [5.74, 6) is 0.971. The van der Waals surface area contributed by atoms with Gasteiger partial charge in [0, 0.05) is 40.0 Å². The van der Waals surface area contributed by atoms with Gasteiger partial charge in [0.1, 0.15) is 11.5 Å². The Morgan fingerprint density at radius 3 is 2.69 bits per heavy atom. The third kappa shape index (κ3) is 3.00. The van der Waals surface area contributed by atoms with E-state index in [-0.39, 0.29) is 0 Å². The van der Waals surface area contributed by atoms with E-state index in [0.717, 1.165) is 64.7 Å². The lowest BCUT2D eigenvalue weighted by atomic mass is 10.0. The van der Waals surface area contributed by atoms with E-state index in [9.17, 15) is 0 Å². The van der Waals surface area contributed by atoms with Gasteiger partial charge in [0.2, 0.25) is 0 Å². The molecular formula is C21H23ClN4. The fourth-order valence-electron chi connectivity index (χ4n) is 3.57. The summed E-state index contributed by atoms with van der Waals surface area (Å²) in [6, 6.07) is 14.3. The van der Waals surface area contributed by atoms with E-state index in [0.29, 0.717) is 0 Å². The molecule has 2 heterocycles. The molecule has 0 fully saturated rings. The SMILES string of the molecule is CCN(CC)CCNc1[nH]c2ccccc2c2c3cc(Cl)ccc3nc1-2. The molecule has 0 aliphatic carbocycles. The van der Waals surface area contributed by atoms with Crippen LogP contribution in [0, 0.1) is 0 Å². The number of nitrogens with one attached hydrogen (secondary N) is 2. The molecule has 2 aliphatic heterocycles. The average molecular weight is 367 g/mol. The van der Waals surface area contributed by atoms with Crippen molar-refractivity contribution < 1.29 is 0 Å². The first kappa shape index (κ1) is 17.1. The second-order valence-electron chi connectivity index (χ2n) is 6.50. The van der Waals surface area contributed by atoms with Gasteiger partial charge in [-0.15, -0.1) is 0 Å². The fraction of sp³-hybridized carbons (Fsp3) is 0.286. The topological polar surface area (TPSA) is 44.0 Å². The van der Waals surface area contributed by atoms with Crippen LogP contribution in [0.4, 0.5) is 5.82 Å². The molecule has 2 aliphatic rings. The maximum Gasteiger partial charge on any atom is 0.130 e. The van der Waals surface area contributed by atoms with E-state index in [1.807, 2.05) is 18.2 Å². The molecular weight excluding hydrogens is 344 g/mol. The quantitative estimate of drug-likeness (QED) is 0.491. The summed E-state index contributed by atoms with van der Waals surface area (Å²) in [6.45, 7) is 8.38. The third-order valence-corrected chi connectivity index (χ3v) is 5.25. The molecule has 0 atom stereocenters. The second kappa shape index (κ2) is 7.14. The minimum Gasteiger partial charge on any atom is -0.369 e. The van der Waals surface area contributed by atoms with Crippen molar-refractivity contribution in [2.45, 2.75) is 13.8 Å². The summed E-state index contributed by atoms with van der Waals surface area (Å²) in [7, 11) is 0. The Morgan fingerprint density at radius 2 is 1.88 bits per heavy atom. The number of likely N-dealkylation sites (N-methyl/N-ethyl adjacent to an activating group) is 1. The van der Waals surface area contributed by atoms with Crippen molar-refractivity contribution in [3.05, 3.63) is 47.5 Å². The number of hydrogen-bond donors (Lipinski definition) is 2. The van der Waals surface area contributed by atoms with Crippen LogP contribution in [0.3, 0.4) is 0 Å². The molecule has 0 unspecified atom stereocenters. The molecule has 0 saturated heterocycles. The summed E-state index contributed by atoms with van der Waals surface area (Å²) in [4.78, 5) is 10.8. The number of rotatable bonds is 6. The van der Waals surface area contributed by atoms with Crippen LogP contribution in [0.15, 0.2) is 42.5 Å². The van der Waals surface area contributed by atoms with Gasteiger partial charge in [-0.2, -0.15) is 0 Å². The van der Waals surface area contributed by atoms with E-state index in [1.54, 1.807) is 0 Å². The minimum absolute atomic E-state index is 0.736. The van der Waals surface area contributed by atoms with Gasteiger partial charge < -0.3 is 15.2 Å². The Kier molecular flexibility index (Phi) is 4.70. The maximum atomic E-state index is 6.26. The minimum atomic E-state index is 0.736. The van der Waals surface area contributed by atoms with Gasteiger partial charge in [-0.05, 0) is 37.4 Å². The normalized spacial score (nSPS) is 11.8. The Bertz CT molecular complexity index is 1020. The number of pyridine rings is 1. The summed E-state index contributed by atoms with van der Waals surface area (Å²) in [5, 5.41) is 6.57. The molecule has 2 aromatic carbocycles. The molecule has 0 bridgehead atoms. The molecule has 5 heteroatoms. The predicted molar refractivity (Wildman–Crippen MR) is 112 cm³/mol. The highest BCUT2D eigenvalue weighted by molar-refractivity contribution is 6.31. The van der Waals surface area contributed by atoms with Crippen molar-refractivity contribution in [2.24, 2.45) is 0 Å². The molecule has 0 aromatic heterocycles. The molecule has 26 heavy (non-hydrogen) atoms. The van der Waals surface area contributed by atoms with Crippen molar-refractivity contribution in [3.63, 3.8) is 0 Å². The predicted octanol–water partition coefficient (Wildman–Crippen LogP) is 5.23. The summed E-state index contributed by atoms with van der Waals surface area (Å²) < 4.78 is 0. The van der Waals surface area contributed by atoms with E-state index < -0.39 is 0 Å². The lowest BCUT2D eigenvalue weighted by Gasteiger charge is -2.19. The number of benzene rings is 2. The van der Waals surface area contributed by atoms with Crippen LogP contribution in [0.25, 0.3) is 33.1 Å². The van der Waals surface area contributed by atoms with Crippen LogP contribution in [0.5, 0.6) is 0 Å². The van der Waals surface area contributed by atoms with Gasteiger partial charge in [0.05, 0.1) is 5.52 Å². The van der Waals surface area contributed by atoms with Crippen LogP contribution in [-0.4, -0.2) is 41.0 Å². The smallest absolute Gasteiger partial charge is 0.130 e. The molecule has 2 aromatic rings. The number of H-pyrrole nitrogens is 1. The molecule has 0 saturated carbocycles. The summed E-state index contributed by atoms with van der Waals surface area (Å²) in [5.41, 5.74) is 4.20. The molecule has 0 amide bonds. The number of para-hydroxylation sites is 1. The van der Waals surface area contributed by atoms with Gasteiger partial charge in [-0.3, -0.25) is 0 Å². The summed E-state index contributed by atoms with van der Waals surface area (Å²) in [6.07, 6.45) is 0. The molecule has 134 valence electrons. The zero-order valence-electron chi connectivity index (χ0n) is 15.1. The largest absolute Gasteiger partial charge is 0.369 e. The standard InChI is InChI=1S/C21H23ClN4/c1-3-26(4-2)12-11-23-21-20-19(15-7-5-6-8-17(15)25-21)16-13-14(22)9-10-18(16)24-20/h5-10,13,23,25H,3-4,11-12H2,1-2H3. The van der Waals surface area contributed by atoms with Crippen LogP contribution in [0.2, 0.25) is 5.02 Å². The molecule has 2 N–H and O–H groups in total. The highest BCUT2D eigenvalue weighted by Gasteiger charge is 2.20. The van der Waals surface area contributed by atoms with Gasteiger partial charge >= 0.3 is 0 Å². The van der Waals surface area contributed by atoms with E-state index in [2.05, 4.69) is 53.3 Å². The first-order chi connectivity index (χ1) is 12.7. The first-order valence-corrected chi connectivity index (χ1v) is 9.55. The first-order valence-electron chi connectivity index (χ1n) is 9.17. The van der Waals surface area contributed by atoms with Crippen molar-refractivity contribution in [3.8, 4) is 11.3 Å². The monoisotopic (exact) mass is 366 g/mol. The summed E-state index contributed by atoms with van der Waals surface area (Å²) >= 11 is 6.26. The van der Waals surface area contributed by atoms with Crippen LogP contribution in [-0.2, 0) is 0 Å². The number of aromatic nitrogens is 2. The number of hydrogen-bond acceptors (Lipinski definition) is 3. The van der Waals surface area contributed by atoms with Gasteiger partial charge in [0.15, 0.2) is 0 Å². The van der Waals surface area contributed by atoms with E-state index >= 15 is 0 Å². The lowest BCUT2D eigenvalue weighted by molar-refractivity contribution is 0.316. The van der Waals surface area contributed by atoms with Gasteiger partial charge in [0.25, 0.3) is 0 Å². The van der Waals surface area contributed by atoms with Crippen molar-refractivity contribution >= 4 is 39.2 Å². The number of fused-ring (bicyclic) bond motifs is 5. The Morgan fingerprint density at radius 1 is 1.08 bits per heavy atom. The van der Waals surface area contributed by atoms with Gasteiger partial charge in [-0.1, -0.05) is 43.6 Å². The van der Waals surface area contributed by atoms with Crippen LogP contribution in [0.1, 0.15) is 13.8 Å². The highest BCUT2D eigenvalue weighted by Crippen LogP contribution is 2.41. The van der Waals surface area contributed by atoms with Crippen molar-refractivity contribution in [2.75, 3.05) is 31.5 Å². The Labute approximate surface area is 158 Å². The highest BCUT2D eigenvalue weighted by atomic mass is 35.5. The van der Waals surface area contributed by atoms with Crippen molar-refractivity contribution in [1.82, 2.24) is 14.9 Å². The molecule has 4 nitrogen and oxygen atoms in total. The third-order valence-electron chi connectivity index (χ3n) is 5.01. The van der Waals surface area contributed by atoms with E-state index in [4.69, 9.17) is 16.6 Å². The van der Waals surface area contributed by atoms with Crippen LogP contribution < -0.4 is 5.32 Å². The van der Waals surface area contributed by atoms with Crippen LogP contribution >= 0.6 is 11.6 Å². The zero-order valence-corrected chi connectivity index (χ0v) is 15.9. The number of nitrogens with zero attached hydrogens (tertiary/aromatic N) is 2. The lowest BCUT2D eigenvalue weighted by Crippen LogP contribution is -2.28. The average Bonchev–Trinajstić information content (AvgIpc) is 3.04. The zero-order chi connectivity index (χ0) is 18.1. The van der Waals surface area contributed by atoms with Gasteiger partial charge in [-0.25, -0.2) is 4.98 Å². The van der Waals surface area contributed by atoms with Crippen molar-refractivity contribution in [1.29, 1.82) is 0 Å². The Hall–Kier alpha value is -2.30. The number of aromatic amines is 1. The second-order valence-corrected chi connectivity index (χ2v) is 6.93. The Balaban J connectivity index is 1.82. The molecule has 0 radical (unpaired) electrons. The number of anilines is 1. The molecule has 0 spiro atoms. The van der Waals surface area contributed by atoms with E-state index in [1.165, 1.54) is 5.39 Å². The maximum absolute atomic E-state index is 6.26. The fourth-order valence-corrected chi connectivity index (χ4v) is 3.75.